The van der Waals surface area contributed by atoms with Gasteiger partial charge in [0.1, 0.15) is 5.82 Å². The first-order chi connectivity index (χ1) is 14.8. The topological polar surface area (TPSA) is 31.4 Å². The fourth-order valence-electron chi connectivity index (χ4n) is 3.42. The van der Waals surface area contributed by atoms with E-state index in [1.807, 2.05) is 18.4 Å². The van der Waals surface area contributed by atoms with Gasteiger partial charge in [0.15, 0.2) is 0 Å². The molecule has 1 aromatic carbocycles. The van der Waals surface area contributed by atoms with Gasteiger partial charge in [0, 0.05) is 33.5 Å². The van der Waals surface area contributed by atoms with Crippen molar-refractivity contribution in [2.24, 2.45) is 0 Å². The van der Waals surface area contributed by atoms with Gasteiger partial charge in [0.25, 0.3) is 0 Å². The third-order valence-electron chi connectivity index (χ3n) is 5.98. The lowest BCUT2D eigenvalue weighted by molar-refractivity contribution is 0.334. The molecule has 0 bridgehead atoms. The SMILES string of the molecule is CSOCc1c(C(C)C)nc(C(C)C)c(COS(C)(C)C(C)(C)C)c1-c1ccc(F)cc1. The van der Waals surface area contributed by atoms with Gasteiger partial charge in [-0.25, -0.2) is 4.39 Å². The van der Waals surface area contributed by atoms with E-state index in [0.717, 1.165) is 33.6 Å². The van der Waals surface area contributed by atoms with Crippen LogP contribution in [-0.2, 0) is 21.6 Å². The number of nitrogens with zero attached hydrogens (tertiary/aromatic N) is 1. The van der Waals surface area contributed by atoms with Crippen molar-refractivity contribution in [3.63, 3.8) is 0 Å². The highest BCUT2D eigenvalue weighted by atomic mass is 32.3. The molecule has 1 heterocycles. The second-order valence-electron chi connectivity index (χ2n) is 10.1. The monoisotopic (exact) mass is 481 g/mol. The predicted octanol–water partition coefficient (Wildman–Crippen LogP) is 8.22. The van der Waals surface area contributed by atoms with Gasteiger partial charge in [0.2, 0.25) is 0 Å². The van der Waals surface area contributed by atoms with Gasteiger partial charge in [-0.2, -0.15) is 0 Å². The largest absolute Gasteiger partial charge is 0.332 e. The second-order valence-corrected chi connectivity index (χ2v) is 14.6. The number of halogens is 1. The molecule has 180 valence electrons. The zero-order valence-corrected chi connectivity index (χ0v) is 23.0. The molecule has 0 radical (unpaired) electrons. The molecule has 2 aromatic rings. The molecular weight excluding hydrogens is 441 g/mol. The van der Waals surface area contributed by atoms with Crippen LogP contribution in [0.4, 0.5) is 4.39 Å². The van der Waals surface area contributed by atoms with Crippen LogP contribution >= 0.6 is 22.4 Å². The van der Waals surface area contributed by atoms with Crippen LogP contribution in [0.1, 0.15) is 82.8 Å². The third-order valence-corrected chi connectivity index (χ3v) is 9.99. The maximum atomic E-state index is 13.8. The number of benzene rings is 1. The second kappa shape index (κ2) is 10.9. The van der Waals surface area contributed by atoms with E-state index >= 15 is 0 Å². The van der Waals surface area contributed by atoms with E-state index in [-0.39, 0.29) is 22.4 Å². The summed E-state index contributed by atoms with van der Waals surface area (Å²) < 4.78 is 26.3. The Bertz CT molecular complexity index is 904. The number of hydrogen-bond donors (Lipinski definition) is 0. The molecular formula is C26H40FNO2S2. The van der Waals surface area contributed by atoms with Crippen LogP contribution in [0.25, 0.3) is 11.1 Å². The van der Waals surface area contributed by atoms with Crippen LogP contribution in [0, 0.1) is 5.82 Å². The van der Waals surface area contributed by atoms with Crippen LogP contribution in [0.2, 0.25) is 0 Å². The number of rotatable bonds is 9. The molecule has 3 nitrogen and oxygen atoms in total. The smallest absolute Gasteiger partial charge is 0.123 e. The minimum atomic E-state index is -1.32. The van der Waals surface area contributed by atoms with E-state index in [2.05, 4.69) is 61.0 Å². The van der Waals surface area contributed by atoms with Crippen molar-refractivity contribution in [2.45, 2.75) is 78.3 Å². The zero-order chi connectivity index (χ0) is 24.3. The fourth-order valence-corrected chi connectivity index (χ4v) is 4.42. The lowest BCUT2D eigenvalue weighted by Crippen LogP contribution is -2.25. The van der Waals surface area contributed by atoms with Gasteiger partial charge in [-0.1, -0.05) is 60.6 Å². The minimum Gasteiger partial charge on any atom is -0.332 e. The molecule has 0 saturated heterocycles. The summed E-state index contributed by atoms with van der Waals surface area (Å²) in [6.45, 7) is 16.2. The Morgan fingerprint density at radius 1 is 0.938 bits per heavy atom. The average Bonchev–Trinajstić information content (AvgIpc) is 2.69. The molecule has 32 heavy (non-hydrogen) atoms. The van der Waals surface area contributed by atoms with Gasteiger partial charge in [-0.3, -0.25) is 4.98 Å². The maximum Gasteiger partial charge on any atom is 0.123 e. The quantitative estimate of drug-likeness (QED) is 0.338. The molecule has 0 atom stereocenters. The first kappa shape index (κ1) is 27.2. The Labute approximate surface area is 200 Å². The highest BCUT2D eigenvalue weighted by Crippen LogP contribution is 2.54. The van der Waals surface area contributed by atoms with Gasteiger partial charge < -0.3 is 8.37 Å². The molecule has 1 aromatic heterocycles. The standard InChI is InChI=1S/C26H40FNO2S2/c1-17(2)24-21(15-29-31-8)23(19-11-13-20(27)14-12-19)22(25(28-24)18(3)4)16-30-32(9,10)26(5,6)7/h11-14,17-18H,15-16H2,1-10H3. The predicted molar refractivity (Wildman–Crippen MR) is 140 cm³/mol. The normalized spacial score (nSPS) is 13.3. The van der Waals surface area contributed by atoms with Crippen molar-refractivity contribution < 1.29 is 12.8 Å². The third kappa shape index (κ3) is 6.28. The van der Waals surface area contributed by atoms with Crippen molar-refractivity contribution in [2.75, 3.05) is 18.8 Å². The van der Waals surface area contributed by atoms with Gasteiger partial charge >= 0.3 is 0 Å². The van der Waals surface area contributed by atoms with Crippen LogP contribution in [0.3, 0.4) is 0 Å². The highest BCUT2D eigenvalue weighted by Gasteiger charge is 2.31. The number of hydrogen-bond acceptors (Lipinski definition) is 4. The Morgan fingerprint density at radius 2 is 1.44 bits per heavy atom. The average molecular weight is 482 g/mol. The molecule has 0 saturated carbocycles. The van der Waals surface area contributed by atoms with Crippen molar-refractivity contribution in [1.29, 1.82) is 0 Å². The molecule has 0 unspecified atom stereocenters. The van der Waals surface area contributed by atoms with E-state index in [1.54, 1.807) is 0 Å². The fraction of sp³-hybridized carbons (Fsp3) is 0.577. The minimum absolute atomic E-state index is 0.0527. The van der Waals surface area contributed by atoms with E-state index in [0.29, 0.717) is 13.2 Å². The van der Waals surface area contributed by atoms with Crippen LogP contribution in [-0.4, -0.2) is 28.5 Å². The lowest BCUT2D eigenvalue weighted by Gasteiger charge is -2.44. The van der Waals surface area contributed by atoms with E-state index in [1.165, 1.54) is 24.2 Å². The van der Waals surface area contributed by atoms with Crippen LogP contribution in [0.15, 0.2) is 24.3 Å². The molecule has 0 N–H and O–H groups in total. The molecule has 0 spiro atoms. The summed E-state index contributed by atoms with van der Waals surface area (Å²) in [4.78, 5) is 5.16. The molecule has 0 aliphatic carbocycles. The Kier molecular flexibility index (Phi) is 9.25. The summed E-state index contributed by atoms with van der Waals surface area (Å²) in [6, 6.07) is 6.75. The molecule has 0 aliphatic heterocycles. The first-order valence-corrected chi connectivity index (χ1v) is 14.7. The van der Waals surface area contributed by atoms with E-state index in [9.17, 15) is 4.39 Å². The molecule has 2 rings (SSSR count). The van der Waals surface area contributed by atoms with Gasteiger partial charge in [0.05, 0.1) is 13.2 Å². The lowest BCUT2D eigenvalue weighted by atomic mass is 9.87. The number of pyridine rings is 1. The summed E-state index contributed by atoms with van der Waals surface area (Å²) >= 11 is 1.35. The van der Waals surface area contributed by atoms with Crippen molar-refractivity contribution in [3.8, 4) is 11.1 Å². The highest BCUT2D eigenvalue weighted by molar-refractivity contribution is 8.29. The first-order valence-electron chi connectivity index (χ1n) is 11.1. The Morgan fingerprint density at radius 3 is 1.88 bits per heavy atom. The summed E-state index contributed by atoms with van der Waals surface area (Å²) in [7, 11) is -1.32. The number of aromatic nitrogens is 1. The maximum absolute atomic E-state index is 13.8. The Hall–Kier alpha value is -1.08. The summed E-state index contributed by atoms with van der Waals surface area (Å²) in [5.41, 5.74) is 6.27. The van der Waals surface area contributed by atoms with Crippen LogP contribution in [0.5, 0.6) is 0 Å². The van der Waals surface area contributed by atoms with E-state index in [4.69, 9.17) is 13.4 Å². The van der Waals surface area contributed by atoms with Crippen molar-refractivity contribution >= 4 is 22.4 Å². The van der Waals surface area contributed by atoms with Crippen LogP contribution < -0.4 is 0 Å². The summed E-state index contributed by atoms with van der Waals surface area (Å²) in [5, 5.41) is 0. The van der Waals surface area contributed by atoms with Crippen molar-refractivity contribution in [3.05, 3.63) is 52.6 Å². The molecule has 0 aliphatic rings. The van der Waals surface area contributed by atoms with Gasteiger partial charge in [-0.15, -0.1) is 10.3 Å². The molecule has 6 heteroatoms. The summed E-state index contributed by atoms with van der Waals surface area (Å²) in [6.07, 6.45) is 6.35. The van der Waals surface area contributed by atoms with E-state index < -0.39 is 10.3 Å². The molecule has 0 fully saturated rings. The Balaban J connectivity index is 2.81. The molecule has 0 amide bonds. The van der Waals surface area contributed by atoms with Crippen molar-refractivity contribution in [1.82, 2.24) is 4.98 Å². The zero-order valence-electron chi connectivity index (χ0n) is 21.3. The van der Waals surface area contributed by atoms with Gasteiger partial charge in [-0.05, 0) is 59.6 Å². The summed E-state index contributed by atoms with van der Waals surface area (Å²) in [5.74, 6) is 0.223.